The molecule has 72 heavy (non-hydrogen) atoms. The minimum atomic E-state index is -3.42. The predicted molar refractivity (Wildman–Crippen MR) is 301 cm³/mol. The molecule has 0 atom stereocenters. The minimum absolute atomic E-state index is 0. The average Bonchev–Trinajstić information content (AvgIpc) is 1.28. The standard InChI is InChI=1S/C67H70N3O.Pt/c1-41(2)53-22-18-23-54(42(3)4)61(53)47-28-31-59(43(5)34-47)70-60-25-19-24-55(62(60)69-64(70)56-39-52(66(9,10)11)40-57(63(56)71)67(12,13)14)49-35-48(44-20-16-15-17-21-44)36-50(37-49)58-38-46(32-33-68-58)45-26-29-51(30-27-45)65(6,7)8;/h15-36,38-42,71H,1-14H3;/q-1;/i5D3,6D3,7D3,8D3,41D,42D;. The molecule has 1 N–H and O–H groups in total. The van der Waals surface area contributed by atoms with Crippen LogP contribution in [0.15, 0.2) is 152 Å². The van der Waals surface area contributed by atoms with E-state index in [1.54, 1.807) is 52.1 Å². The molecule has 9 rings (SSSR count). The largest absolute Gasteiger partial charge is 0.507 e. The molecule has 5 heteroatoms. The molecule has 0 amide bonds. The summed E-state index contributed by atoms with van der Waals surface area (Å²) in [5, 5.41) is 12.7. The van der Waals surface area contributed by atoms with Crippen LogP contribution in [0.1, 0.15) is 154 Å². The molecule has 0 saturated heterocycles. The summed E-state index contributed by atoms with van der Waals surface area (Å²) in [5.74, 6) is -1.96. The van der Waals surface area contributed by atoms with Crippen molar-refractivity contribution in [2.24, 2.45) is 0 Å². The van der Waals surface area contributed by atoms with Gasteiger partial charge in [0.25, 0.3) is 0 Å². The van der Waals surface area contributed by atoms with Crippen LogP contribution in [-0.4, -0.2) is 19.6 Å². The summed E-state index contributed by atoms with van der Waals surface area (Å²) in [5.41, 5.74) is 6.26. The van der Waals surface area contributed by atoms with Gasteiger partial charge in [-0.2, -0.15) is 0 Å². The number of fused-ring (bicyclic) bond motifs is 1. The smallest absolute Gasteiger partial charge is 0.148 e. The van der Waals surface area contributed by atoms with Gasteiger partial charge in [-0.05, 0) is 121 Å². The first-order chi connectivity index (χ1) is 39.1. The average molecular weight is 1140 g/mol. The van der Waals surface area contributed by atoms with Crippen LogP contribution in [0.3, 0.4) is 0 Å². The zero-order valence-corrected chi connectivity index (χ0v) is 44.8. The maximum atomic E-state index is 12.7. The Labute approximate surface area is 463 Å². The maximum absolute atomic E-state index is 12.7. The number of para-hydroxylation sites is 1. The number of phenols is 1. The van der Waals surface area contributed by atoms with Gasteiger partial charge < -0.3 is 5.11 Å². The Balaban J connectivity index is 0.00000961. The molecule has 0 aliphatic carbocycles. The van der Waals surface area contributed by atoms with E-state index in [0.29, 0.717) is 77.9 Å². The molecule has 0 saturated carbocycles. The summed E-state index contributed by atoms with van der Waals surface area (Å²) < 4.78 is 122. The SMILES string of the molecule is [2H]C([2H])([2H])c1cc(-c2c(C([2H])(C)C)cccc2C([2H])(C)C)ccc1-n1c(-c2cc(C(C)(C)C)cc(C(C)(C)C)c2O)nc2c(-c3[c-]c(-c4cc(-c5ccc(C(C([2H])([2H])[2H])(C([2H])([2H])[2H])C([2H])([2H])[2H])cc5)ccn4)cc(-c4ccccc4)c3)cccc21.[Pt]. The Morgan fingerprint density at radius 2 is 1.24 bits per heavy atom. The number of phenolic OH excluding ortho intramolecular Hbond substituents is 1. The van der Waals surface area contributed by atoms with Gasteiger partial charge in [0, 0.05) is 57.7 Å². The zero-order chi connectivity index (χ0) is 62.6. The number of aromatic nitrogens is 3. The molecule has 0 bridgehead atoms. The van der Waals surface area contributed by atoms with Gasteiger partial charge in [-0.1, -0.05) is 210 Å². The quantitative estimate of drug-likeness (QED) is 0.147. The molecule has 9 aromatic rings. The van der Waals surface area contributed by atoms with E-state index in [1.807, 2.05) is 128 Å². The van der Waals surface area contributed by atoms with Crippen molar-refractivity contribution in [2.45, 2.75) is 125 Å². The summed E-state index contributed by atoms with van der Waals surface area (Å²) in [6, 6.07) is 46.8. The van der Waals surface area contributed by atoms with E-state index in [4.69, 9.17) is 22.3 Å². The molecule has 2 aromatic heterocycles. The van der Waals surface area contributed by atoms with E-state index in [9.17, 15) is 12.0 Å². The topological polar surface area (TPSA) is 50.9 Å². The van der Waals surface area contributed by atoms with Crippen molar-refractivity contribution in [2.75, 3.05) is 0 Å². The Morgan fingerprint density at radius 1 is 0.583 bits per heavy atom. The number of hydrogen-bond donors (Lipinski definition) is 1. The number of rotatable bonds is 9. The van der Waals surface area contributed by atoms with E-state index in [-0.39, 0.29) is 49.5 Å². The minimum Gasteiger partial charge on any atom is -0.507 e. The monoisotopic (exact) mass is 1140 g/mol. The second-order valence-corrected chi connectivity index (χ2v) is 21.1. The molecule has 0 unspecified atom stereocenters. The van der Waals surface area contributed by atoms with Gasteiger partial charge in [0.2, 0.25) is 0 Å². The van der Waals surface area contributed by atoms with Crippen LogP contribution in [0.4, 0.5) is 0 Å². The van der Waals surface area contributed by atoms with Gasteiger partial charge in [0.1, 0.15) is 11.6 Å². The number of aromatic hydroxyl groups is 1. The Kier molecular flexibility index (Phi) is 10.1. The van der Waals surface area contributed by atoms with Gasteiger partial charge in [-0.3, -0.25) is 9.55 Å². The van der Waals surface area contributed by atoms with Crippen LogP contribution in [0.5, 0.6) is 5.75 Å². The van der Waals surface area contributed by atoms with Crippen LogP contribution in [0, 0.1) is 12.9 Å². The first-order valence-corrected chi connectivity index (χ1v) is 24.0. The van der Waals surface area contributed by atoms with E-state index >= 15 is 0 Å². The van der Waals surface area contributed by atoms with Crippen LogP contribution in [-0.2, 0) is 37.3 Å². The van der Waals surface area contributed by atoms with E-state index in [2.05, 4.69) is 26.8 Å². The molecule has 7 aromatic carbocycles. The third-order valence-electron chi connectivity index (χ3n) is 13.3. The normalized spacial score (nSPS) is 16.1. The molecule has 0 aliphatic heterocycles. The van der Waals surface area contributed by atoms with E-state index in [0.717, 1.165) is 16.7 Å². The first kappa shape index (κ1) is 36.5. The van der Waals surface area contributed by atoms with E-state index < -0.39 is 55.4 Å². The van der Waals surface area contributed by atoms with Crippen molar-refractivity contribution in [3.8, 4) is 78.6 Å². The van der Waals surface area contributed by atoms with Crippen LogP contribution in [0.2, 0.25) is 0 Å². The number of benzene rings is 7. The van der Waals surface area contributed by atoms with Crippen molar-refractivity contribution in [1.82, 2.24) is 14.5 Å². The van der Waals surface area contributed by atoms with Crippen LogP contribution in [0.25, 0.3) is 83.9 Å². The molecular weight excluding hydrogens is 1060 g/mol. The number of imidazole rings is 1. The van der Waals surface area contributed by atoms with Crippen molar-refractivity contribution in [3.63, 3.8) is 0 Å². The van der Waals surface area contributed by atoms with Crippen LogP contribution < -0.4 is 0 Å². The van der Waals surface area contributed by atoms with Gasteiger partial charge in [-0.15, -0.1) is 23.8 Å². The number of hydrogen-bond acceptors (Lipinski definition) is 3. The fourth-order valence-electron chi connectivity index (χ4n) is 9.45. The Hall–Kier alpha value is -6.35. The van der Waals surface area contributed by atoms with Crippen molar-refractivity contribution in [1.29, 1.82) is 0 Å². The van der Waals surface area contributed by atoms with Gasteiger partial charge in [0.15, 0.2) is 0 Å². The number of nitrogens with zero attached hydrogens (tertiary/aromatic N) is 3. The van der Waals surface area contributed by atoms with Crippen molar-refractivity contribution < 1.29 is 45.4 Å². The Bertz CT molecular complexity index is 3930. The molecule has 0 fully saturated rings. The van der Waals surface area contributed by atoms with Crippen LogP contribution >= 0.6 is 0 Å². The summed E-state index contributed by atoms with van der Waals surface area (Å²) in [4.78, 5) is 10.3. The number of pyridine rings is 1. The van der Waals surface area contributed by atoms with E-state index in [1.165, 1.54) is 24.3 Å². The zero-order valence-electron chi connectivity index (χ0n) is 56.5. The van der Waals surface area contributed by atoms with Crippen molar-refractivity contribution >= 4 is 11.0 Å². The van der Waals surface area contributed by atoms with Gasteiger partial charge >= 0.3 is 0 Å². The fraction of sp³-hybridized carbons (Fsp3) is 0.284. The van der Waals surface area contributed by atoms with Gasteiger partial charge in [-0.25, -0.2) is 4.98 Å². The third kappa shape index (κ3) is 10.2. The summed E-state index contributed by atoms with van der Waals surface area (Å²) >= 11 is 0. The second-order valence-electron chi connectivity index (χ2n) is 21.1. The molecular formula is C67H70N3OPt-. The summed E-state index contributed by atoms with van der Waals surface area (Å²) in [6.07, 6.45) is 1.60. The predicted octanol–water partition coefficient (Wildman–Crippen LogP) is 18.4. The maximum Gasteiger partial charge on any atom is 0.148 e. The molecule has 370 valence electrons. The second kappa shape index (κ2) is 19.9. The summed E-state index contributed by atoms with van der Waals surface area (Å²) in [7, 11) is 0. The molecule has 0 radical (unpaired) electrons. The van der Waals surface area contributed by atoms with Gasteiger partial charge in [0.05, 0.1) is 22.3 Å². The number of aryl methyl sites for hydroxylation is 1. The van der Waals surface area contributed by atoms with Crippen molar-refractivity contribution in [3.05, 3.63) is 191 Å². The third-order valence-corrected chi connectivity index (χ3v) is 13.3. The first-order valence-electron chi connectivity index (χ1n) is 31.0. The Morgan fingerprint density at radius 3 is 1.88 bits per heavy atom. The summed E-state index contributed by atoms with van der Waals surface area (Å²) in [6.45, 7) is 6.47. The molecule has 4 nitrogen and oxygen atoms in total. The molecule has 2 heterocycles. The molecule has 0 aliphatic rings. The molecule has 0 spiro atoms. The fourth-order valence-corrected chi connectivity index (χ4v) is 9.45.